The van der Waals surface area contributed by atoms with Crippen LogP contribution >= 0.6 is 24.4 Å². The lowest BCUT2D eigenvalue weighted by atomic mass is 10.2. The van der Waals surface area contributed by atoms with Crippen LogP contribution in [-0.2, 0) is 10.0 Å². The van der Waals surface area contributed by atoms with Gasteiger partial charge in [0.25, 0.3) is 14.9 Å². The van der Waals surface area contributed by atoms with Gasteiger partial charge in [-0.2, -0.15) is 0 Å². The van der Waals surface area contributed by atoms with Gasteiger partial charge in [0.05, 0.1) is 11.2 Å². The third-order valence-corrected chi connectivity index (χ3v) is 5.40. The first-order valence-electron chi connectivity index (χ1n) is 7.92. The molecule has 0 spiro atoms. The monoisotopic (exact) mass is 433 g/mol. The van der Waals surface area contributed by atoms with Crippen molar-refractivity contribution in [1.29, 1.82) is 0 Å². The fraction of sp³-hybridized carbons (Fsp3) is 0.0588. The first-order chi connectivity index (χ1) is 13.3. The van der Waals surface area contributed by atoms with Crippen LogP contribution in [0.5, 0.6) is 0 Å². The van der Waals surface area contributed by atoms with Crippen molar-refractivity contribution in [1.82, 2.24) is 14.9 Å². The molecule has 1 aromatic heterocycles. The molecule has 0 saturated heterocycles. The number of aromatic amines is 1. The molecule has 0 atom stereocenters. The summed E-state index contributed by atoms with van der Waals surface area (Å²) in [5, 5.41) is 9.21. The highest BCUT2D eigenvalue weighted by atomic mass is 32.2. The fourth-order valence-electron chi connectivity index (χ4n) is 2.15. The Kier molecular flexibility index (Phi) is 5.97. The molecule has 11 heteroatoms. The lowest BCUT2D eigenvalue weighted by Gasteiger charge is -2.06. The Labute approximate surface area is 171 Å². The summed E-state index contributed by atoms with van der Waals surface area (Å²) in [7, 11) is -3.77. The van der Waals surface area contributed by atoms with Gasteiger partial charge in [-0.15, -0.1) is 5.10 Å². The average molecular weight is 434 g/mol. The summed E-state index contributed by atoms with van der Waals surface area (Å²) in [6, 6.07) is 13.5. The summed E-state index contributed by atoms with van der Waals surface area (Å²) in [6.07, 6.45) is 1.30. The first kappa shape index (κ1) is 19.9. The number of rotatable bonds is 5. The number of thiocarbonyl (C=S) groups is 1. The van der Waals surface area contributed by atoms with Gasteiger partial charge in [0, 0.05) is 11.3 Å². The number of anilines is 1. The number of aromatic nitrogens is 2. The normalized spacial score (nSPS) is 11.5. The number of H-pyrrole nitrogens is 1. The van der Waals surface area contributed by atoms with Crippen molar-refractivity contribution in [2.75, 3.05) is 5.32 Å². The van der Waals surface area contributed by atoms with Crippen molar-refractivity contribution in [2.24, 2.45) is 4.99 Å². The number of aryl methyl sites for hydroxylation is 1. The van der Waals surface area contributed by atoms with Crippen molar-refractivity contribution >= 4 is 51.6 Å². The van der Waals surface area contributed by atoms with E-state index in [9.17, 15) is 8.42 Å². The highest BCUT2D eigenvalue weighted by Crippen LogP contribution is 2.19. The molecule has 0 saturated carbocycles. The van der Waals surface area contributed by atoms with Crippen molar-refractivity contribution < 1.29 is 12.8 Å². The second-order valence-electron chi connectivity index (χ2n) is 5.62. The molecule has 144 valence electrons. The summed E-state index contributed by atoms with van der Waals surface area (Å²) in [6.45, 7) is 1.87. The maximum atomic E-state index is 12.2. The summed E-state index contributed by atoms with van der Waals surface area (Å²) >= 11 is 9.81. The van der Waals surface area contributed by atoms with Gasteiger partial charge in [-0.25, -0.2) is 18.5 Å². The molecule has 0 aliphatic heterocycles. The Morgan fingerprint density at radius 2 is 1.86 bits per heavy atom. The Bertz CT molecular complexity index is 1160. The number of hydrogen-bond donors (Lipinski definition) is 3. The van der Waals surface area contributed by atoms with Gasteiger partial charge in [0.2, 0.25) is 11.0 Å². The molecule has 0 amide bonds. The van der Waals surface area contributed by atoms with E-state index >= 15 is 0 Å². The molecule has 3 N–H and O–H groups in total. The van der Waals surface area contributed by atoms with Gasteiger partial charge in [-0.1, -0.05) is 17.7 Å². The Balaban J connectivity index is 1.58. The number of hydrogen-bond acceptors (Lipinski definition) is 6. The topological polar surface area (TPSA) is 112 Å². The highest BCUT2D eigenvalue weighted by Gasteiger charge is 2.14. The minimum absolute atomic E-state index is 0.116. The zero-order chi connectivity index (χ0) is 20.1. The Morgan fingerprint density at radius 3 is 2.46 bits per heavy atom. The molecule has 28 heavy (non-hydrogen) atoms. The lowest BCUT2D eigenvalue weighted by Crippen LogP contribution is -2.28. The van der Waals surface area contributed by atoms with E-state index in [-0.39, 0.29) is 14.8 Å². The molecule has 1 heterocycles. The molecule has 0 bridgehead atoms. The lowest BCUT2D eigenvalue weighted by molar-refractivity contribution is 0.552. The van der Waals surface area contributed by atoms with E-state index in [0.29, 0.717) is 11.6 Å². The largest absolute Gasteiger partial charge is 0.409 e. The summed E-state index contributed by atoms with van der Waals surface area (Å²) in [5.41, 5.74) is 2.42. The quantitative estimate of drug-likeness (QED) is 0.321. The van der Waals surface area contributed by atoms with Gasteiger partial charge in [0.15, 0.2) is 0 Å². The minimum atomic E-state index is -3.77. The van der Waals surface area contributed by atoms with E-state index in [1.54, 1.807) is 36.4 Å². The SMILES string of the molecule is Cc1ccc(S(=O)(=O)NC(=S)/N=C\Nc2ccc(-c3n[nH]c(=S)o3)cc2)cc1. The molecule has 0 fully saturated rings. The van der Waals surface area contributed by atoms with Crippen LogP contribution in [0.2, 0.25) is 0 Å². The van der Waals surface area contributed by atoms with E-state index < -0.39 is 10.0 Å². The summed E-state index contributed by atoms with van der Waals surface area (Å²) in [5.74, 6) is 0.386. The molecule has 0 aliphatic rings. The number of nitrogens with zero attached hydrogens (tertiary/aromatic N) is 2. The Morgan fingerprint density at radius 1 is 1.18 bits per heavy atom. The van der Waals surface area contributed by atoms with Crippen molar-refractivity contribution in [3.63, 3.8) is 0 Å². The van der Waals surface area contributed by atoms with E-state index in [1.165, 1.54) is 18.5 Å². The molecule has 3 rings (SSSR count). The number of nitrogens with one attached hydrogen (secondary N) is 3. The fourth-order valence-corrected chi connectivity index (χ4v) is 3.55. The molecular formula is C17H15N5O3S3. The summed E-state index contributed by atoms with van der Waals surface area (Å²) < 4.78 is 32.0. The maximum absolute atomic E-state index is 12.2. The summed E-state index contributed by atoms with van der Waals surface area (Å²) in [4.78, 5) is 4.20. The van der Waals surface area contributed by atoms with E-state index in [2.05, 4.69) is 25.2 Å². The number of aliphatic imine (C=N–C) groups is 1. The standard InChI is InChI=1S/C17H15N5O3S3/c1-11-2-8-14(9-3-11)28(23,24)22-16(26)19-10-18-13-6-4-12(5-7-13)15-20-21-17(27)25-15/h2-10H,1H3,(H,21,27)(H2,18,19,22,26). The van der Waals surface area contributed by atoms with E-state index in [4.69, 9.17) is 28.9 Å². The van der Waals surface area contributed by atoms with Crippen molar-refractivity contribution in [3.05, 3.63) is 58.9 Å². The van der Waals surface area contributed by atoms with Crippen LogP contribution in [0.15, 0.2) is 62.8 Å². The highest BCUT2D eigenvalue weighted by molar-refractivity contribution is 7.91. The zero-order valence-electron chi connectivity index (χ0n) is 14.5. The predicted molar refractivity (Wildman–Crippen MR) is 113 cm³/mol. The second kappa shape index (κ2) is 8.42. The van der Waals surface area contributed by atoms with Gasteiger partial charge < -0.3 is 9.73 Å². The van der Waals surface area contributed by atoms with Crippen LogP contribution in [0.3, 0.4) is 0 Å². The third kappa shape index (κ3) is 5.09. The van der Waals surface area contributed by atoms with Crippen LogP contribution in [0.1, 0.15) is 5.56 Å². The average Bonchev–Trinajstić information content (AvgIpc) is 3.08. The number of benzene rings is 2. The van der Waals surface area contributed by atoms with Crippen LogP contribution in [0.4, 0.5) is 5.69 Å². The van der Waals surface area contributed by atoms with Gasteiger partial charge >= 0.3 is 0 Å². The Hall–Kier alpha value is -2.89. The molecule has 3 aromatic rings. The van der Waals surface area contributed by atoms with Gasteiger partial charge in [-0.3, -0.25) is 4.72 Å². The smallest absolute Gasteiger partial charge is 0.284 e. The van der Waals surface area contributed by atoms with E-state index in [0.717, 1.165) is 11.1 Å². The molecule has 2 aromatic carbocycles. The van der Waals surface area contributed by atoms with Crippen molar-refractivity contribution in [2.45, 2.75) is 11.8 Å². The molecule has 0 aliphatic carbocycles. The van der Waals surface area contributed by atoms with Gasteiger partial charge in [0.1, 0.15) is 0 Å². The zero-order valence-corrected chi connectivity index (χ0v) is 17.0. The van der Waals surface area contributed by atoms with Crippen LogP contribution in [0.25, 0.3) is 11.5 Å². The first-order valence-corrected chi connectivity index (χ1v) is 10.2. The van der Waals surface area contributed by atoms with E-state index in [1.807, 2.05) is 6.92 Å². The molecule has 8 nitrogen and oxygen atoms in total. The molecule has 0 unspecified atom stereocenters. The second-order valence-corrected chi connectivity index (χ2v) is 8.06. The van der Waals surface area contributed by atoms with Crippen LogP contribution in [-0.4, -0.2) is 30.1 Å². The predicted octanol–water partition coefficient (Wildman–Crippen LogP) is 3.41. The maximum Gasteiger partial charge on any atom is 0.284 e. The minimum Gasteiger partial charge on any atom is -0.409 e. The van der Waals surface area contributed by atoms with Crippen LogP contribution < -0.4 is 10.0 Å². The van der Waals surface area contributed by atoms with Crippen LogP contribution in [0, 0.1) is 11.8 Å². The molecular weight excluding hydrogens is 418 g/mol. The molecule has 0 radical (unpaired) electrons. The number of sulfonamides is 1. The van der Waals surface area contributed by atoms with Gasteiger partial charge in [-0.05, 0) is 67.8 Å². The van der Waals surface area contributed by atoms with Crippen molar-refractivity contribution in [3.8, 4) is 11.5 Å². The third-order valence-electron chi connectivity index (χ3n) is 3.54.